The molecule has 0 saturated carbocycles. The number of fused-ring (bicyclic) bond motifs is 1. The van der Waals surface area contributed by atoms with Gasteiger partial charge in [0.05, 0.1) is 16.9 Å². The van der Waals surface area contributed by atoms with E-state index in [1.54, 1.807) is 18.2 Å². The molecule has 3 nitrogen and oxygen atoms in total. The zero-order chi connectivity index (χ0) is 15.8. The van der Waals surface area contributed by atoms with Crippen molar-refractivity contribution in [3.63, 3.8) is 0 Å². The smallest absolute Gasteiger partial charge is 0.283 e. The second-order valence-corrected chi connectivity index (χ2v) is 5.37. The molecule has 0 aromatic heterocycles. The standard InChI is InChI=1S/C20H13NO2/c22-19-16-11-5-7-13-18(16)21(20(19)23)17-12-6-4-10-15(17)14-8-2-1-3-9-14/h1-13H. The Bertz CT molecular complexity index is 916. The van der Waals surface area contributed by atoms with Gasteiger partial charge in [-0.1, -0.05) is 60.7 Å². The number of nitrogens with zero attached hydrogens (tertiary/aromatic N) is 1. The van der Waals surface area contributed by atoms with Crippen molar-refractivity contribution in [3.05, 3.63) is 84.4 Å². The van der Waals surface area contributed by atoms with Gasteiger partial charge in [-0.05, 0) is 23.8 Å². The average Bonchev–Trinajstić information content (AvgIpc) is 2.87. The molecule has 0 bridgehead atoms. The minimum atomic E-state index is -0.505. The molecule has 0 radical (unpaired) electrons. The molecule has 0 N–H and O–H groups in total. The van der Waals surface area contributed by atoms with Crippen molar-refractivity contribution < 1.29 is 9.59 Å². The Labute approximate surface area is 133 Å². The monoisotopic (exact) mass is 299 g/mol. The second-order valence-electron chi connectivity index (χ2n) is 5.37. The van der Waals surface area contributed by atoms with Crippen molar-refractivity contribution in [3.8, 4) is 11.1 Å². The van der Waals surface area contributed by atoms with Gasteiger partial charge in [0.25, 0.3) is 5.78 Å². The van der Waals surface area contributed by atoms with Gasteiger partial charge in [0.2, 0.25) is 0 Å². The molecule has 3 heteroatoms. The molecule has 0 unspecified atom stereocenters. The highest BCUT2D eigenvalue weighted by molar-refractivity contribution is 6.53. The van der Waals surface area contributed by atoms with Gasteiger partial charge in [0.15, 0.2) is 0 Å². The van der Waals surface area contributed by atoms with Gasteiger partial charge in [-0.2, -0.15) is 0 Å². The quantitative estimate of drug-likeness (QED) is 0.665. The molecular formula is C20H13NO2. The molecule has 1 aliphatic rings. The molecule has 0 atom stereocenters. The normalized spacial score (nSPS) is 13.3. The topological polar surface area (TPSA) is 37.4 Å². The number of carbonyl (C=O) groups is 2. The minimum absolute atomic E-state index is 0.455. The summed E-state index contributed by atoms with van der Waals surface area (Å²) in [6.07, 6.45) is 0. The lowest BCUT2D eigenvalue weighted by molar-refractivity contribution is -0.113. The van der Waals surface area contributed by atoms with E-state index in [0.717, 1.165) is 16.8 Å². The van der Waals surface area contributed by atoms with Crippen molar-refractivity contribution in [2.45, 2.75) is 0 Å². The van der Waals surface area contributed by atoms with E-state index in [4.69, 9.17) is 0 Å². The van der Waals surface area contributed by atoms with Crippen molar-refractivity contribution >= 4 is 23.1 Å². The third-order valence-corrected chi connectivity index (χ3v) is 4.02. The highest BCUT2D eigenvalue weighted by atomic mass is 16.2. The Balaban J connectivity index is 1.93. The molecule has 0 spiro atoms. The molecule has 4 rings (SSSR count). The number of para-hydroxylation sites is 2. The predicted molar refractivity (Wildman–Crippen MR) is 89.8 cm³/mol. The molecule has 1 aliphatic heterocycles. The summed E-state index contributed by atoms with van der Waals surface area (Å²) in [5.41, 5.74) is 3.76. The number of amides is 1. The number of Topliss-reactive ketones (excluding diaryl/α,β-unsaturated/α-hetero) is 1. The Kier molecular flexibility index (Phi) is 3.05. The molecule has 1 amide bonds. The van der Waals surface area contributed by atoms with Crippen molar-refractivity contribution in [2.24, 2.45) is 0 Å². The van der Waals surface area contributed by atoms with Crippen LogP contribution < -0.4 is 4.90 Å². The van der Waals surface area contributed by atoms with Crippen LogP contribution in [0.1, 0.15) is 10.4 Å². The predicted octanol–water partition coefficient (Wildman–Crippen LogP) is 4.21. The lowest BCUT2D eigenvalue weighted by Gasteiger charge is -2.20. The number of ketones is 1. The average molecular weight is 299 g/mol. The van der Waals surface area contributed by atoms with Gasteiger partial charge in [-0.15, -0.1) is 0 Å². The van der Waals surface area contributed by atoms with Crippen molar-refractivity contribution in [1.82, 2.24) is 0 Å². The number of carbonyl (C=O) groups excluding carboxylic acids is 2. The first-order chi connectivity index (χ1) is 11.3. The number of benzene rings is 3. The Morgan fingerprint density at radius 2 is 1.09 bits per heavy atom. The first kappa shape index (κ1) is 13.5. The third kappa shape index (κ3) is 2.06. The summed E-state index contributed by atoms with van der Waals surface area (Å²) < 4.78 is 0. The summed E-state index contributed by atoms with van der Waals surface area (Å²) in [6, 6.07) is 24.6. The lowest BCUT2D eigenvalue weighted by Crippen LogP contribution is -2.25. The number of anilines is 2. The third-order valence-electron chi connectivity index (χ3n) is 4.02. The molecule has 110 valence electrons. The Hall–Kier alpha value is -3.20. The van der Waals surface area contributed by atoms with Crippen molar-refractivity contribution in [1.29, 1.82) is 0 Å². The second kappa shape index (κ2) is 5.21. The molecule has 0 fully saturated rings. The molecule has 3 aromatic rings. The maximum atomic E-state index is 12.5. The first-order valence-corrected chi connectivity index (χ1v) is 7.39. The fourth-order valence-corrected chi connectivity index (χ4v) is 2.96. The van der Waals surface area contributed by atoms with Crippen LogP contribution >= 0.6 is 0 Å². The number of rotatable bonds is 2. The van der Waals surface area contributed by atoms with E-state index in [1.165, 1.54) is 4.90 Å². The van der Waals surface area contributed by atoms with Crippen LogP contribution in [0.25, 0.3) is 11.1 Å². The fraction of sp³-hybridized carbons (Fsp3) is 0. The van der Waals surface area contributed by atoms with E-state index in [1.807, 2.05) is 60.7 Å². The largest absolute Gasteiger partial charge is 0.304 e. The van der Waals surface area contributed by atoms with Crippen LogP contribution in [0.3, 0.4) is 0 Å². The summed E-state index contributed by atoms with van der Waals surface area (Å²) in [6.45, 7) is 0. The van der Waals surface area contributed by atoms with Gasteiger partial charge < -0.3 is 0 Å². The summed E-state index contributed by atoms with van der Waals surface area (Å²) in [5, 5.41) is 0. The first-order valence-electron chi connectivity index (χ1n) is 7.39. The van der Waals surface area contributed by atoms with Crippen LogP contribution in [0.5, 0.6) is 0 Å². The van der Waals surface area contributed by atoms with Crippen molar-refractivity contribution in [2.75, 3.05) is 4.90 Å². The zero-order valence-electron chi connectivity index (χ0n) is 12.3. The van der Waals surface area contributed by atoms with Crippen LogP contribution in [-0.2, 0) is 4.79 Å². The van der Waals surface area contributed by atoms with Gasteiger partial charge >= 0.3 is 5.91 Å². The molecule has 1 heterocycles. The Morgan fingerprint density at radius 1 is 0.565 bits per heavy atom. The maximum absolute atomic E-state index is 12.5. The summed E-state index contributed by atoms with van der Waals surface area (Å²) in [7, 11) is 0. The van der Waals surface area contributed by atoms with E-state index >= 15 is 0 Å². The van der Waals surface area contributed by atoms with E-state index in [2.05, 4.69) is 0 Å². The molecule has 0 saturated heterocycles. The van der Waals surface area contributed by atoms with Gasteiger partial charge in [0.1, 0.15) is 0 Å². The summed E-state index contributed by atoms with van der Waals surface area (Å²) >= 11 is 0. The van der Waals surface area contributed by atoms with Crippen LogP contribution in [0.4, 0.5) is 11.4 Å². The summed E-state index contributed by atoms with van der Waals surface area (Å²) in [4.78, 5) is 26.3. The van der Waals surface area contributed by atoms with Crippen LogP contribution in [-0.4, -0.2) is 11.7 Å². The molecule has 3 aromatic carbocycles. The summed E-state index contributed by atoms with van der Waals surface area (Å²) in [5.74, 6) is -0.960. The fourth-order valence-electron chi connectivity index (χ4n) is 2.96. The van der Waals surface area contributed by atoms with Gasteiger partial charge in [-0.3, -0.25) is 14.5 Å². The molecule has 23 heavy (non-hydrogen) atoms. The SMILES string of the molecule is O=C1C(=O)N(c2ccccc2-c2ccccc2)c2ccccc21. The van der Waals surface area contributed by atoms with E-state index in [9.17, 15) is 9.59 Å². The van der Waals surface area contributed by atoms with Crippen LogP contribution in [0.15, 0.2) is 78.9 Å². The highest BCUT2D eigenvalue weighted by Gasteiger charge is 2.37. The van der Waals surface area contributed by atoms with Gasteiger partial charge in [-0.25, -0.2) is 0 Å². The van der Waals surface area contributed by atoms with Crippen LogP contribution in [0.2, 0.25) is 0 Å². The van der Waals surface area contributed by atoms with Crippen LogP contribution in [0, 0.1) is 0 Å². The maximum Gasteiger partial charge on any atom is 0.304 e. The van der Waals surface area contributed by atoms with E-state index in [0.29, 0.717) is 11.3 Å². The molecule has 0 aliphatic carbocycles. The molecular weight excluding hydrogens is 286 g/mol. The minimum Gasteiger partial charge on any atom is -0.283 e. The number of hydrogen-bond acceptors (Lipinski definition) is 2. The van der Waals surface area contributed by atoms with Gasteiger partial charge in [0, 0.05) is 5.56 Å². The highest BCUT2D eigenvalue weighted by Crippen LogP contribution is 2.40. The number of hydrogen-bond donors (Lipinski definition) is 0. The zero-order valence-corrected chi connectivity index (χ0v) is 12.3. The van der Waals surface area contributed by atoms with E-state index in [-0.39, 0.29) is 0 Å². The lowest BCUT2D eigenvalue weighted by atomic mass is 10.0. The van der Waals surface area contributed by atoms with E-state index < -0.39 is 11.7 Å². The Morgan fingerprint density at radius 3 is 1.78 bits per heavy atom.